The number of hydrogen-bond acceptors (Lipinski definition) is 6. The first-order valence-electron chi connectivity index (χ1n) is 11.0. The van der Waals surface area contributed by atoms with Gasteiger partial charge in [-0.2, -0.15) is 0 Å². The molecule has 4 rings (SSSR count). The normalized spacial score (nSPS) is 20.9. The summed E-state index contributed by atoms with van der Waals surface area (Å²) in [6, 6.07) is 12.4. The summed E-state index contributed by atoms with van der Waals surface area (Å²) in [5.74, 6) is -0.515. The Labute approximate surface area is 193 Å². The third kappa shape index (κ3) is 4.24. The van der Waals surface area contributed by atoms with E-state index in [1.807, 2.05) is 52.4 Å². The first-order valence-corrected chi connectivity index (χ1v) is 11.9. The highest BCUT2D eigenvalue weighted by Crippen LogP contribution is 2.46. The monoisotopic (exact) mass is 450 g/mol. The van der Waals surface area contributed by atoms with Gasteiger partial charge in [0.25, 0.3) is 0 Å². The van der Waals surface area contributed by atoms with Crippen LogP contribution in [0.1, 0.15) is 55.9 Å². The number of ether oxygens (including phenoxy) is 1. The Morgan fingerprint density at radius 1 is 1.16 bits per heavy atom. The Bertz CT molecular complexity index is 1080. The summed E-state index contributed by atoms with van der Waals surface area (Å²) in [7, 11) is 4.04. The van der Waals surface area contributed by atoms with Crippen LogP contribution in [0.4, 0.5) is 5.69 Å². The minimum Gasteiger partial charge on any atom is -0.460 e. The van der Waals surface area contributed by atoms with E-state index >= 15 is 0 Å². The van der Waals surface area contributed by atoms with Crippen LogP contribution in [0.15, 0.2) is 64.3 Å². The van der Waals surface area contributed by atoms with Gasteiger partial charge < -0.3 is 15.0 Å². The van der Waals surface area contributed by atoms with E-state index in [2.05, 4.69) is 34.5 Å². The second kappa shape index (κ2) is 8.94. The van der Waals surface area contributed by atoms with Gasteiger partial charge in [-0.15, -0.1) is 11.3 Å². The summed E-state index contributed by atoms with van der Waals surface area (Å²) in [5.41, 5.74) is 5.26. The smallest absolute Gasteiger partial charge is 0.337 e. The lowest BCUT2D eigenvalue weighted by molar-refractivity contribution is -0.143. The summed E-state index contributed by atoms with van der Waals surface area (Å²) < 4.78 is 5.55. The highest BCUT2D eigenvalue weighted by Gasteiger charge is 2.42. The van der Waals surface area contributed by atoms with Gasteiger partial charge in [-0.1, -0.05) is 18.2 Å². The average Bonchev–Trinajstić information content (AvgIpc) is 3.26. The van der Waals surface area contributed by atoms with Gasteiger partial charge in [0.05, 0.1) is 17.6 Å². The second-order valence-corrected chi connectivity index (χ2v) is 9.95. The lowest BCUT2D eigenvalue weighted by Gasteiger charge is -2.36. The fourth-order valence-corrected chi connectivity index (χ4v) is 5.45. The number of dihydropyridines is 1. The predicted molar refractivity (Wildman–Crippen MR) is 129 cm³/mol. The molecule has 0 amide bonds. The molecule has 2 aliphatic rings. The maximum absolute atomic E-state index is 13.5. The number of hydrogen-bond donors (Lipinski definition) is 1. The molecule has 32 heavy (non-hydrogen) atoms. The summed E-state index contributed by atoms with van der Waals surface area (Å²) in [6.07, 6.45) is 0.961. The molecule has 1 aromatic heterocycles. The van der Waals surface area contributed by atoms with Crippen molar-refractivity contribution in [2.45, 2.75) is 51.6 Å². The number of benzene rings is 1. The number of carbonyl (C=O) groups excluding carboxylic acids is 2. The minimum absolute atomic E-state index is 0.0983. The highest BCUT2D eigenvalue weighted by atomic mass is 32.1. The number of rotatable bonds is 5. The maximum atomic E-state index is 13.5. The van der Waals surface area contributed by atoms with Gasteiger partial charge in [0, 0.05) is 48.0 Å². The van der Waals surface area contributed by atoms with Gasteiger partial charge in [-0.05, 0) is 62.3 Å². The van der Waals surface area contributed by atoms with Crippen LogP contribution in [0.3, 0.4) is 0 Å². The van der Waals surface area contributed by atoms with Crippen molar-refractivity contribution in [3.8, 4) is 0 Å². The van der Waals surface area contributed by atoms with Gasteiger partial charge in [0.2, 0.25) is 0 Å². The minimum atomic E-state index is -0.373. The van der Waals surface area contributed by atoms with Crippen LogP contribution in [-0.2, 0) is 14.3 Å². The van der Waals surface area contributed by atoms with E-state index in [0.29, 0.717) is 12.0 Å². The largest absolute Gasteiger partial charge is 0.460 e. The van der Waals surface area contributed by atoms with E-state index in [9.17, 15) is 9.59 Å². The summed E-state index contributed by atoms with van der Waals surface area (Å²) in [5, 5.41) is 5.40. The Kier molecular flexibility index (Phi) is 6.24. The van der Waals surface area contributed by atoms with Crippen molar-refractivity contribution < 1.29 is 14.3 Å². The number of nitrogens with zero attached hydrogens (tertiary/aromatic N) is 1. The molecule has 0 bridgehead atoms. The molecular formula is C26H30N2O3S. The first kappa shape index (κ1) is 22.3. The number of nitrogens with one attached hydrogen (secondary N) is 1. The Morgan fingerprint density at radius 3 is 2.47 bits per heavy atom. The number of anilines is 1. The summed E-state index contributed by atoms with van der Waals surface area (Å²) >= 11 is 1.57. The number of ketones is 1. The molecule has 2 aromatic rings. The summed E-state index contributed by atoms with van der Waals surface area (Å²) in [6.45, 7) is 5.58. The van der Waals surface area contributed by atoms with E-state index in [0.717, 1.165) is 39.5 Å². The zero-order valence-electron chi connectivity index (χ0n) is 19.3. The van der Waals surface area contributed by atoms with E-state index in [4.69, 9.17) is 4.74 Å². The second-order valence-electron chi connectivity index (χ2n) is 8.97. The molecule has 168 valence electrons. The fraction of sp³-hybridized carbons (Fsp3) is 0.385. The SMILES string of the molecule is CC1=C(C(=O)OC(C)C)[C@H](c2cccs2)C2=C(C[C@H](c3ccc(N(C)C)cc3)CC2=O)N1. The van der Waals surface area contributed by atoms with E-state index < -0.39 is 0 Å². The van der Waals surface area contributed by atoms with Crippen molar-refractivity contribution in [3.05, 3.63) is 74.8 Å². The Balaban J connectivity index is 1.71. The standard InChI is InChI=1S/C26H30N2O3S/c1-15(2)31-26(30)23-16(3)27-20-13-18(17-8-10-19(11-9-17)28(4)5)14-21(29)24(20)25(23)22-7-6-12-32-22/h6-12,15,18,25,27H,13-14H2,1-5H3/t18-,25-/m0/s1. The van der Waals surface area contributed by atoms with Crippen LogP contribution in [0, 0.1) is 0 Å². The molecule has 0 spiro atoms. The fourth-order valence-electron chi connectivity index (χ4n) is 4.61. The molecule has 0 radical (unpaired) electrons. The van der Waals surface area contributed by atoms with Crippen LogP contribution in [0.5, 0.6) is 0 Å². The molecular weight excluding hydrogens is 420 g/mol. The number of allylic oxidation sites excluding steroid dienone is 3. The van der Waals surface area contributed by atoms with Gasteiger partial charge in [-0.3, -0.25) is 4.79 Å². The number of thiophene rings is 1. The van der Waals surface area contributed by atoms with Crippen molar-refractivity contribution in [1.29, 1.82) is 0 Å². The molecule has 0 saturated heterocycles. The van der Waals surface area contributed by atoms with Crippen LogP contribution in [0.2, 0.25) is 0 Å². The number of Topliss-reactive ketones (excluding diaryl/α,β-unsaturated/α-hetero) is 1. The van der Waals surface area contributed by atoms with Crippen molar-refractivity contribution in [2.24, 2.45) is 0 Å². The highest BCUT2D eigenvalue weighted by molar-refractivity contribution is 7.10. The lowest BCUT2D eigenvalue weighted by atomic mass is 9.73. The average molecular weight is 451 g/mol. The molecule has 2 heterocycles. The Hall–Kier alpha value is -2.86. The van der Waals surface area contributed by atoms with Crippen LogP contribution in [-0.4, -0.2) is 32.0 Å². The third-order valence-corrected chi connectivity index (χ3v) is 7.04. The molecule has 1 N–H and O–H groups in total. The molecule has 5 nitrogen and oxygen atoms in total. The van der Waals surface area contributed by atoms with Crippen LogP contribution < -0.4 is 10.2 Å². The number of esters is 1. The molecule has 1 aliphatic heterocycles. The Morgan fingerprint density at radius 2 is 1.88 bits per heavy atom. The van der Waals surface area contributed by atoms with Crippen molar-refractivity contribution in [2.75, 3.05) is 19.0 Å². The first-order chi connectivity index (χ1) is 15.3. The van der Waals surface area contributed by atoms with Gasteiger partial charge in [0.15, 0.2) is 5.78 Å². The lowest BCUT2D eigenvalue weighted by Crippen LogP contribution is -2.36. The number of carbonyl (C=O) groups is 2. The van der Waals surface area contributed by atoms with Crippen LogP contribution >= 0.6 is 11.3 Å². The molecule has 2 atom stereocenters. The van der Waals surface area contributed by atoms with E-state index in [1.165, 1.54) is 0 Å². The third-order valence-electron chi connectivity index (χ3n) is 6.10. The maximum Gasteiger partial charge on any atom is 0.337 e. The van der Waals surface area contributed by atoms with Gasteiger partial charge in [-0.25, -0.2) is 4.79 Å². The van der Waals surface area contributed by atoms with Crippen LogP contribution in [0.25, 0.3) is 0 Å². The summed E-state index contributed by atoms with van der Waals surface area (Å²) in [4.78, 5) is 29.6. The van der Waals surface area contributed by atoms with Crippen molar-refractivity contribution >= 4 is 28.8 Å². The predicted octanol–water partition coefficient (Wildman–Crippen LogP) is 5.13. The quantitative estimate of drug-likeness (QED) is 0.640. The molecule has 1 aromatic carbocycles. The van der Waals surface area contributed by atoms with Gasteiger partial charge >= 0.3 is 5.97 Å². The molecule has 0 fully saturated rings. The van der Waals surface area contributed by atoms with Crippen molar-refractivity contribution in [1.82, 2.24) is 5.32 Å². The molecule has 6 heteroatoms. The molecule has 0 unspecified atom stereocenters. The van der Waals surface area contributed by atoms with Gasteiger partial charge in [0.1, 0.15) is 0 Å². The molecule has 1 aliphatic carbocycles. The zero-order valence-corrected chi connectivity index (χ0v) is 20.1. The van der Waals surface area contributed by atoms with E-state index in [1.54, 1.807) is 11.3 Å². The van der Waals surface area contributed by atoms with E-state index in [-0.39, 0.29) is 29.7 Å². The topological polar surface area (TPSA) is 58.6 Å². The zero-order chi connectivity index (χ0) is 23.0. The van der Waals surface area contributed by atoms with Crippen molar-refractivity contribution in [3.63, 3.8) is 0 Å². The molecule has 0 saturated carbocycles.